The number of oxazole rings is 1. The fourth-order valence-electron chi connectivity index (χ4n) is 1.25. The molecule has 0 aliphatic carbocycles. The molecule has 0 amide bonds. The van der Waals surface area contributed by atoms with Gasteiger partial charge in [-0.25, -0.2) is 8.78 Å². The van der Waals surface area contributed by atoms with Crippen LogP contribution >= 0.6 is 0 Å². The van der Waals surface area contributed by atoms with Gasteiger partial charge in [-0.15, -0.1) is 0 Å². The lowest BCUT2D eigenvalue weighted by atomic mass is 10.2. The van der Waals surface area contributed by atoms with Crippen LogP contribution in [0.4, 0.5) is 17.6 Å². The number of alkyl halides is 4. The smallest absolute Gasteiger partial charge is 0.399 e. The number of para-hydroxylation sites is 1. The quantitative estimate of drug-likeness (QED) is 0.765. The molecule has 0 fully saturated rings. The van der Waals surface area contributed by atoms with E-state index in [1.54, 1.807) is 0 Å². The lowest BCUT2D eigenvalue weighted by molar-refractivity contribution is -0.0664. The third-order valence-electron chi connectivity index (χ3n) is 1.86. The molecule has 0 atom stereocenters. The molecule has 0 bridgehead atoms. The second-order valence-electron chi connectivity index (χ2n) is 2.85. The maximum atomic E-state index is 12.5. The van der Waals surface area contributed by atoms with Gasteiger partial charge in [0.25, 0.3) is 6.43 Å². The van der Waals surface area contributed by atoms with Crippen molar-refractivity contribution in [3.8, 4) is 6.08 Å². The summed E-state index contributed by atoms with van der Waals surface area (Å²) in [5, 5.41) is 0. The van der Waals surface area contributed by atoms with Crippen molar-refractivity contribution < 1.29 is 26.7 Å². The Morgan fingerprint density at radius 1 is 1.19 bits per heavy atom. The van der Waals surface area contributed by atoms with Gasteiger partial charge in [0.05, 0.1) is 0 Å². The Morgan fingerprint density at radius 3 is 2.56 bits per heavy atom. The molecule has 3 nitrogen and oxygen atoms in total. The molecular formula is C9H5F4NO2. The summed E-state index contributed by atoms with van der Waals surface area (Å²) in [5.41, 5.74) is -0.577. The summed E-state index contributed by atoms with van der Waals surface area (Å²) < 4.78 is 57.3. The first-order chi connectivity index (χ1) is 7.58. The van der Waals surface area contributed by atoms with Crippen LogP contribution in [0.1, 0.15) is 12.0 Å². The van der Waals surface area contributed by atoms with Gasteiger partial charge < -0.3 is 9.15 Å². The number of hydrogen-bond donors (Lipinski definition) is 0. The molecule has 2 aromatic rings. The van der Waals surface area contributed by atoms with E-state index in [0.717, 1.165) is 6.07 Å². The molecule has 7 heteroatoms. The van der Waals surface area contributed by atoms with Crippen LogP contribution in [0, 0.1) is 0 Å². The molecule has 0 spiro atoms. The Kier molecular flexibility index (Phi) is 2.67. The summed E-state index contributed by atoms with van der Waals surface area (Å²) in [6.45, 7) is -3.11. The summed E-state index contributed by atoms with van der Waals surface area (Å²) >= 11 is 0. The molecular weight excluding hydrogens is 230 g/mol. The van der Waals surface area contributed by atoms with Crippen molar-refractivity contribution >= 4 is 11.1 Å². The third kappa shape index (κ3) is 1.93. The van der Waals surface area contributed by atoms with E-state index in [1.165, 1.54) is 12.1 Å². The van der Waals surface area contributed by atoms with Crippen LogP contribution in [0.15, 0.2) is 22.6 Å². The lowest BCUT2D eigenvalue weighted by Gasteiger charge is -1.97. The third-order valence-corrected chi connectivity index (χ3v) is 1.86. The molecule has 0 unspecified atom stereocenters. The number of nitrogens with zero attached hydrogens (tertiary/aromatic N) is 1. The van der Waals surface area contributed by atoms with Crippen molar-refractivity contribution in [1.29, 1.82) is 0 Å². The number of fused-ring (bicyclic) bond motifs is 1. The summed E-state index contributed by atoms with van der Waals surface area (Å²) in [5.74, 6) is 0. The molecule has 0 radical (unpaired) electrons. The molecule has 1 aromatic heterocycles. The van der Waals surface area contributed by atoms with Crippen molar-refractivity contribution in [3.05, 3.63) is 23.8 Å². The Balaban J connectivity index is 2.48. The van der Waals surface area contributed by atoms with Gasteiger partial charge in [-0.05, 0) is 6.07 Å². The summed E-state index contributed by atoms with van der Waals surface area (Å²) in [7, 11) is 0. The van der Waals surface area contributed by atoms with Crippen LogP contribution in [0.5, 0.6) is 6.08 Å². The van der Waals surface area contributed by atoms with Crippen molar-refractivity contribution in [2.45, 2.75) is 13.0 Å². The molecule has 86 valence electrons. The minimum absolute atomic E-state index is 0.0200. The van der Waals surface area contributed by atoms with E-state index >= 15 is 0 Å². The number of rotatable bonds is 3. The zero-order chi connectivity index (χ0) is 11.7. The second-order valence-corrected chi connectivity index (χ2v) is 2.85. The zero-order valence-electron chi connectivity index (χ0n) is 7.66. The standard InChI is InChI=1S/C9H5F4NO2/c10-7(11)4-2-1-3-5-6(4)14-9(15-5)16-8(12)13/h1-3,7-8H. The minimum atomic E-state index is -3.11. The fraction of sp³-hybridized carbons (Fsp3) is 0.222. The number of hydrogen-bond acceptors (Lipinski definition) is 3. The average Bonchev–Trinajstić information content (AvgIpc) is 2.57. The van der Waals surface area contributed by atoms with Crippen LogP contribution in [-0.2, 0) is 0 Å². The number of aromatic nitrogens is 1. The highest BCUT2D eigenvalue weighted by molar-refractivity contribution is 5.77. The van der Waals surface area contributed by atoms with Crippen LogP contribution in [-0.4, -0.2) is 11.6 Å². The van der Waals surface area contributed by atoms with E-state index in [4.69, 9.17) is 4.42 Å². The summed E-state index contributed by atoms with van der Waals surface area (Å²) in [6.07, 6.45) is -3.48. The SMILES string of the molecule is FC(F)Oc1nc2c(C(F)F)cccc2o1. The van der Waals surface area contributed by atoms with E-state index in [2.05, 4.69) is 9.72 Å². The highest BCUT2D eigenvalue weighted by Crippen LogP contribution is 2.30. The maximum absolute atomic E-state index is 12.5. The van der Waals surface area contributed by atoms with Crippen LogP contribution in [0.3, 0.4) is 0 Å². The zero-order valence-corrected chi connectivity index (χ0v) is 7.66. The highest BCUT2D eigenvalue weighted by atomic mass is 19.3. The Hall–Kier alpha value is -1.79. The first-order valence-electron chi connectivity index (χ1n) is 4.20. The maximum Gasteiger partial charge on any atom is 0.399 e. The van der Waals surface area contributed by atoms with Gasteiger partial charge in [0.2, 0.25) is 0 Å². The number of benzene rings is 1. The number of halogens is 4. The summed E-state index contributed by atoms with van der Waals surface area (Å²) in [6, 6.07) is 3.80. The van der Waals surface area contributed by atoms with Gasteiger partial charge in [-0.2, -0.15) is 13.8 Å². The van der Waals surface area contributed by atoms with Gasteiger partial charge in [0.15, 0.2) is 5.58 Å². The monoisotopic (exact) mass is 235 g/mol. The van der Waals surface area contributed by atoms with E-state index in [9.17, 15) is 17.6 Å². The van der Waals surface area contributed by atoms with E-state index < -0.39 is 19.1 Å². The molecule has 16 heavy (non-hydrogen) atoms. The molecule has 0 aliphatic rings. The van der Waals surface area contributed by atoms with Crippen molar-refractivity contribution in [2.75, 3.05) is 0 Å². The van der Waals surface area contributed by atoms with E-state index in [0.29, 0.717) is 0 Å². The second kappa shape index (κ2) is 3.99. The fourth-order valence-corrected chi connectivity index (χ4v) is 1.25. The molecule has 0 aliphatic heterocycles. The van der Waals surface area contributed by atoms with Gasteiger partial charge in [0.1, 0.15) is 5.52 Å². The predicted molar refractivity (Wildman–Crippen MR) is 45.6 cm³/mol. The topological polar surface area (TPSA) is 35.3 Å². The Labute approximate surface area is 86.6 Å². The first-order valence-corrected chi connectivity index (χ1v) is 4.20. The van der Waals surface area contributed by atoms with Crippen molar-refractivity contribution in [1.82, 2.24) is 4.98 Å². The van der Waals surface area contributed by atoms with Crippen molar-refractivity contribution in [3.63, 3.8) is 0 Å². The molecule has 0 saturated heterocycles. The van der Waals surface area contributed by atoms with E-state index in [-0.39, 0.29) is 16.7 Å². The molecule has 2 rings (SSSR count). The van der Waals surface area contributed by atoms with E-state index in [1.807, 2.05) is 0 Å². The van der Waals surface area contributed by atoms with Crippen LogP contribution in [0.25, 0.3) is 11.1 Å². The first kappa shape index (κ1) is 10.7. The Bertz CT molecular complexity index is 497. The Morgan fingerprint density at radius 2 is 1.94 bits per heavy atom. The van der Waals surface area contributed by atoms with Crippen LogP contribution in [0.2, 0.25) is 0 Å². The average molecular weight is 235 g/mol. The molecule has 0 saturated carbocycles. The number of ether oxygens (including phenoxy) is 1. The molecule has 1 heterocycles. The lowest BCUT2D eigenvalue weighted by Crippen LogP contribution is -2.01. The molecule has 1 aromatic carbocycles. The van der Waals surface area contributed by atoms with Gasteiger partial charge >= 0.3 is 12.7 Å². The predicted octanol–water partition coefficient (Wildman–Crippen LogP) is 3.37. The van der Waals surface area contributed by atoms with Gasteiger partial charge in [-0.1, -0.05) is 12.1 Å². The largest absolute Gasteiger partial charge is 0.409 e. The molecule has 0 N–H and O–H groups in total. The van der Waals surface area contributed by atoms with Crippen LogP contribution < -0.4 is 4.74 Å². The summed E-state index contributed by atoms with van der Waals surface area (Å²) in [4.78, 5) is 3.43. The van der Waals surface area contributed by atoms with Gasteiger partial charge in [-0.3, -0.25) is 0 Å². The normalized spacial score (nSPS) is 11.6. The van der Waals surface area contributed by atoms with Gasteiger partial charge in [0, 0.05) is 5.56 Å². The highest BCUT2D eigenvalue weighted by Gasteiger charge is 2.18. The minimum Gasteiger partial charge on any atom is -0.409 e. The van der Waals surface area contributed by atoms with Crippen molar-refractivity contribution in [2.24, 2.45) is 0 Å².